The van der Waals surface area contributed by atoms with Crippen molar-refractivity contribution in [3.05, 3.63) is 0 Å². The monoisotopic (exact) mass is 320 g/mol. The van der Waals surface area contributed by atoms with Gasteiger partial charge in [0.25, 0.3) is 0 Å². The van der Waals surface area contributed by atoms with Gasteiger partial charge < -0.3 is 4.90 Å². The zero-order chi connectivity index (χ0) is 16.4. The fourth-order valence-electron chi connectivity index (χ4n) is 4.00. The molecule has 2 aliphatic heterocycles. The average molecular weight is 320 g/mol. The summed E-state index contributed by atoms with van der Waals surface area (Å²) in [7, 11) is 0. The second-order valence-electron chi connectivity index (χ2n) is 6.89. The van der Waals surface area contributed by atoms with Gasteiger partial charge in [0, 0.05) is 13.1 Å². The molecule has 0 bridgehead atoms. The molecule has 0 spiro atoms. The third-order valence-electron chi connectivity index (χ3n) is 5.15. The lowest BCUT2D eigenvalue weighted by molar-refractivity contribution is -0.226. The molecule has 128 valence electrons. The van der Waals surface area contributed by atoms with E-state index in [0.29, 0.717) is 38.4 Å². The summed E-state index contributed by atoms with van der Waals surface area (Å²) in [4.78, 5) is 15.6. The second-order valence-corrected chi connectivity index (χ2v) is 6.89. The topological polar surface area (TPSA) is 23.6 Å². The number of rotatable bonds is 4. The maximum Gasteiger partial charge on any atom is 0.406 e. The Morgan fingerprint density at radius 2 is 2.00 bits per heavy atom. The summed E-state index contributed by atoms with van der Waals surface area (Å²) in [6.07, 6.45) is -1.03. The predicted molar refractivity (Wildman–Crippen MR) is 79.5 cm³/mol. The molecule has 2 rings (SSSR count). The molecule has 2 heterocycles. The summed E-state index contributed by atoms with van der Waals surface area (Å²) in [6, 6.07) is 0. The molecule has 0 N–H and O–H groups in total. The van der Waals surface area contributed by atoms with Crippen LogP contribution in [0.5, 0.6) is 0 Å². The van der Waals surface area contributed by atoms with Crippen molar-refractivity contribution in [1.82, 2.24) is 9.80 Å². The van der Waals surface area contributed by atoms with Crippen LogP contribution in [0.25, 0.3) is 0 Å². The summed E-state index contributed by atoms with van der Waals surface area (Å²) < 4.78 is 40.9. The van der Waals surface area contributed by atoms with Gasteiger partial charge in [-0.15, -0.1) is 0 Å². The molecule has 0 aromatic rings. The highest BCUT2D eigenvalue weighted by atomic mass is 19.4. The molecule has 0 unspecified atom stereocenters. The van der Waals surface area contributed by atoms with Crippen LogP contribution in [0.2, 0.25) is 0 Å². The van der Waals surface area contributed by atoms with Crippen LogP contribution in [0, 0.1) is 5.92 Å². The van der Waals surface area contributed by atoms with E-state index in [2.05, 4.69) is 6.92 Å². The Bertz CT molecular complexity index is 399. The summed E-state index contributed by atoms with van der Waals surface area (Å²) in [6.45, 7) is 5.51. The van der Waals surface area contributed by atoms with Crippen molar-refractivity contribution in [1.29, 1.82) is 0 Å². The molecule has 6 heteroatoms. The Morgan fingerprint density at radius 1 is 1.27 bits per heavy atom. The van der Waals surface area contributed by atoms with Crippen molar-refractivity contribution in [2.45, 2.75) is 64.1 Å². The zero-order valence-corrected chi connectivity index (χ0v) is 13.6. The fraction of sp³-hybridized carbons (Fsp3) is 0.938. The van der Waals surface area contributed by atoms with Gasteiger partial charge in [0.05, 0.1) is 6.54 Å². The standard InChI is InChI=1S/C16H27F3N2O/c1-3-7-15(16(17,18)19)8-5-10-21(15)12-14(22)20-9-4-6-13(2)11-20/h13H,3-12H2,1-2H3/t13-,15+/m0/s1. The number of piperidine rings is 1. The van der Waals surface area contributed by atoms with E-state index in [1.807, 2.05) is 0 Å². The number of likely N-dealkylation sites (tertiary alicyclic amines) is 2. The van der Waals surface area contributed by atoms with Crippen LogP contribution < -0.4 is 0 Å². The first-order valence-electron chi connectivity index (χ1n) is 8.39. The van der Waals surface area contributed by atoms with Crippen LogP contribution >= 0.6 is 0 Å². The van der Waals surface area contributed by atoms with Gasteiger partial charge in [-0.1, -0.05) is 20.3 Å². The van der Waals surface area contributed by atoms with Crippen LogP contribution in [0.4, 0.5) is 13.2 Å². The van der Waals surface area contributed by atoms with E-state index in [1.165, 1.54) is 4.90 Å². The highest BCUT2D eigenvalue weighted by Crippen LogP contribution is 2.46. The smallest absolute Gasteiger partial charge is 0.341 e. The lowest BCUT2D eigenvalue weighted by Gasteiger charge is -2.41. The highest BCUT2D eigenvalue weighted by Gasteiger charge is 2.59. The van der Waals surface area contributed by atoms with Crippen LogP contribution in [0.3, 0.4) is 0 Å². The van der Waals surface area contributed by atoms with Gasteiger partial charge in [0.2, 0.25) is 5.91 Å². The molecule has 0 saturated carbocycles. The molecule has 2 aliphatic rings. The number of amides is 1. The van der Waals surface area contributed by atoms with Crippen LogP contribution in [-0.4, -0.2) is 53.6 Å². The van der Waals surface area contributed by atoms with Gasteiger partial charge in [-0.25, -0.2) is 0 Å². The van der Waals surface area contributed by atoms with Crippen molar-refractivity contribution in [3.63, 3.8) is 0 Å². The average Bonchev–Trinajstić information content (AvgIpc) is 2.83. The number of alkyl halides is 3. The SMILES string of the molecule is CCC[C@]1(C(F)(F)F)CCCN1CC(=O)N1CCC[C@H](C)C1. The number of hydrogen-bond donors (Lipinski definition) is 0. The van der Waals surface area contributed by atoms with E-state index >= 15 is 0 Å². The first-order chi connectivity index (χ1) is 10.3. The fourth-order valence-corrected chi connectivity index (χ4v) is 4.00. The van der Waals surface area contributed by atoms with Gasteiger partial charge in [0.1, 0.15) is 5.54 Å². The molecule has 3 nitrogen and oxygen atoms in total. The summed E-state index contributed by atoms with van der Waals surface area (Å²) in [5.74, 6) is 0.303. The molecule has 0 aliphatic carbocycles. The van der Waals surface area contributed by atoms with Gasteiger partial charge in [-0.05, 0) is 44.6 Å². The molecule has 0 aromatic carbocycles. The van der Waals surface area contributed by atoms with E-state index in [9.17, 15) is 18.0 Å². The molecule has 0 aromatic heterocycles. The molecule has 2 fully saturated rings. The predicted octanol–water partition coefficient (Wildman–Crippen LogP) is 3.44. The Morgan fingerprint density at radius 3 is 2.59 bits per heavy atom. The largest absolute Gasteiger partial charge is 0.406 e. The third kappa shape index (κ3) is 3.42. The van der Waals surface area contributed by atoms with E-state index in [-0.39, 0.29) is 25.3 Å². The quantitative estimate of drug-likeness (QED) is 0.792. The normalized spacial score (nSPS) is 30.8. The maximum atomic E-state index is 13.6. The van der Waals surface area contributed by atoms with Crippen molar-refractivity contribution in [2.75, 3.05) is 26.2 Å². The molecule has 22 heavy (non-hydrogen) atoms. The minimum atomic E-state index is -4.27. The van der Waals surface area contributed by atoms with Crippen LogP contribution in [0.15, 0.2) is 0 Å². The lowest BCUT2D eigenvalue weighted by atomic mass is 9.89. The molecule has 2 atom stereocenters. The molecule has 2 saturated heterocycles. The van der Waals surface area contributed by atoms with Gasteiger partial charge in [-0.2, -0.15) is 13.2 Å². The summed E-state index contributed by atoms with van der Waals surface area (Å²) >= 11 is 0. The first kappa shape index (κ1) is 17.6. The van der Waals surface area contributed by atoms with Crippen LogP contribution in [0.1, 0.15) is 52.4 Å². The van der Waals surface area contributed by atoms with Gasteiger partial charge in [-0.3, -0.25) is 9.69 Å². The van der Waals surface area contributed by atoms with Gasteiger partial charge >= 0.3 is 6.18 Å². The minimum Gasteiger partial charge on any atom is -0.341 e. The van der Waals surface area contributed by atoms with Crippen molar-refractivity contribution in [2.24, 2.45) is 5.92 Å². The minimum absolute atomic E-state index is 0.0835. The highest BCUT2D eigenvalue weighted by molar-refractivity contribution is 5.78. The van der Waals surface area contributed by atoms with E-state index in [1.54, 1.807) is 11.8 Å². The number of hydrogen-bond acceptors (Lipinski definition) is 2. The number of halogens is 3. The molecular formula is C16H27F3N2O. The number of carbonyl (C=O) groups is 1. The van der Waals surface area contributed by atoms with E-state index in [4.69, 9.17) is 0 Å². The Hall–Kier alpha value is -0.780. The Balaban J connectivity index is 2.08. The number of nitrogens with zero attached hydrogens (tertiary/aromatic N) is 2. The van der Waals surface area contributed by atoms with Crippen LogP contribution in [-0.2, 0) is 4.79 Å². The Labute approximate surface area is 130 Å². The lowest BCUT2D eigenvalue weighted by Crippen LogP contribution is -2.58. The van der Waals surface area contributed by atoms with E-state index in [0.717, 1.165) is 12.8 Å². The van der Waals surface area contributed by atoms with Crippen molar-refractivity contribution < 1.29 is 18.0 Å². The Kier molecular flexibility index (Phi) is 5.41. The van der Waals surface area contributed by atoms with E-state index < -0.39 is 11.7 Å². The first-order valence-corrected chi connectivity index (χ1v) is 8.39. The second kappa shape index (κ2) is 6.77. The van der Waals surface area contributed by atoms with Crippen molar-refractivity contribution in [3.8, 4) is 0 Å². The number of carbonyl (C=O) groups excluding carboxylic acids is 1. The molecule has 0 radical (unpaired) electrons. The zero-order valence-electron chi connectivity index (χ0n) is 13.6. The third-order valence-corrected chi connectivity index (χ3v) is 5.15. The summed E-state index contributed by atoms with van der Waals surface area (Å²) in [5, 5.41) is 0. The molecule has 1 amide bonds. The van der Waals surface area contributed by atoms with Crippen molar-refractivity contribution >= 4 is 5.91 Å². The maximum absolute atomic E-state index is 13.6. The van der Waals surface area contributed by atoms with Gasteiger partial charge in [0.15, 0.2) is 0 Å². The summed E-state index contributed by atoms with van der Waals surface area (Å²) in [5.41, 5.74) is -1.79. The molecular weight excluding hydrogens is 293 g/mol.